The summed E-state index contributed by atoms with van der Waals surface area (Å²) in [6.45, 7) is 0.897. The van der Waals surface area contributed by atoms with Gasteiger partial charge in [-0.25, -0.2) is 0 Å². The zero-order chi connectivity index (χ0) is 18.9. The van der Waals surface area contributed by atoms with Gasteiger partial charge in [0.15, 0.2) is 0 Å². The predicted molar refractivity (Wildman–Crippen MR) is 107 cm³/mol. The topological polar surface area (TPSA) is 72.7 Å². The fourth-order valence-electron chi connectivity index (χ4n) is 3.86. The molecule has 2 aromatic heterocycles. The molecular formula is C22H19N5O. The summed E-state index contributed by atoms with van der Waals surface area (Å²) in [4.78, 5) is 17.0. The Morgan fingerprint density at radius 1 is 1.07 bits per heavy atom. The molecule has 0 bridgehead atoms. The number of amides is 1. The van der Waals surface area contributed by atoms with Gasteiger partial charge in [-0.15, -0.1) is 10.2 Å². The molecule has 1 atom stereocenters. The molecule has 6 heteroatoms. The molecule has 0 radical (unpaired) electrons. The van der Waals surface area contributed by atoms with Crippen molar-refractivity contribution in [3.63, 3.8) is 0 Å². The van der Waals surface area contributed by atoms with E-state index in [-0.39, 0.29) is 5.91 Å². The van der Waals surface area contributed by atoms with Crippen LogP contribution in [-0.2, 0) is 13.0 Å². The van der Waals surface area contributed by atoms with E-state index in [9.17, 15) is 4.79 Å². The van der Waals surface area contributed by atoms with Crippen molar-refractivity contribution < 1.29 is 4.79 Å². The van der Waals surface area contributed by atoms with Crippen LogP contribution in [0.5, 0.6) is 0 Å². The second-order valence-electron chi connectivity index (χ2n) is 7.09. The van der Waals surface area contributed by atoms with Gasteiger partial charge in [0.2, 0.25) is 0 Å². The Labute approximate surface area is 162 Å². The molecule has 1 aliphatic heterocycles. The number of nitrogens with one attached hydrogen (secondary N) is 1. The number of carbonyl (C=O) groups excluding carboxylic acids is 1. The lowest BCUT2D eigenvalue weighted by Crippen LogP contribution is -2.18. The summed E-state index contributed by atoms with van der Waals surface area (Å²) in [6, 6.07) is 17.8. The van der Waals surface area contributed by atoms with Gasteiger partial charge in [0.25, 0.3) is 5.91 Å². The predicted octanol–water partition coefficient (Wildman–Crippen LogP) is 3.81. The van der Waals surface area contributed by atoms with Crippen LogP contribution in [0.1, 0.15) is 34.2 Å². The highest BCUT2D eigenvalue weighted by Crippen LogP contribution is 2.28. The number of pyridine rings is 1. The van der Waals surface area contributed by atoms with Gasteiger partial charge in [-0.1, -0.05) is 36.4 Å². The van der Waals surface area contributed by atoms with Crippen molar-refractivity contribution in [3.8, 4) is 0 Å². The molecule has 0 saturated carbocycles. The molecule has 1 amide bonds. The number of nitrogens with zero attached hydrogens (tertiary/aromatic N) is 4. The number of benzene rings is 2. The van der Waals surface area contributed by atoms with Crippen molar-refractivity contribution in [1.82, 2.24) is 19.7 Å². The number of hydrogen-bond donors (Lipinski definition) is 1. The zero-order valence-corrected chi connectivity index (χ0v) is 15.2. The van der Waals surface area contributed by atoms with Crippen LogP contribution in [0.3, 0.4) is 0 Å². The molecule has 0 fully saturated rings. The Hall–Kier alpha value is -3.54. The fraction of sp³-hybridized carbons (Fsp3) is 0.182. The van der Waals surface area contributed by atoms with E-state index in [0.29, 0.717) is 11.6 Å². The van der Waals surface area contributed by atoms with Crippen LogP contribution in [0.15, 0.2) is 67.1 Å². The molecule has 3 heterocycles. The first-order valence-corrected chi connectivity index (χ1v) is 9.40. The average molecular weight is 369 g/mol. The van der Waals surface area contributed by atoms with Crippen molar-refractivity contribution in [2.45, 2.75) is 25.3 Å². The standard InChI is InChI=1S/C22H19N5O/c28-22(21-19-4-2-1-3-16(19)11-12-23-21)25-18-8-5-15(6-9-18)17-7-10-20-26-24-14-27(20)13-17/h1-6,8-9,11-12,14,17H,7,10,13H2,(H,25,28)/t17-/m0/s1. The van der Waals surface area contributed by atoms with Crippen LogP contribution in [0.2, 0.25) is 0 Å². The molecule has 6 nitrogen and oxygen atoms in total. The minimum atomic E-state index is -0.198. The third kappa shape index (κ3) is 3.03. The molecule has 0 spiro atoms. The molecule has 28 heavy (non-hydrogen) atoms. The van der Waals surface area contributed by atoms with Gasteiger partial charge in [0.05, 0.1) is 0 Å². The van der Waals surface area contributed by atoms with E-state index in [1.807, 2.05) is 42.5 Å². The summed E-state index contributed by atoms with van der Waals surface area (Å²) in [5.74, 6) is 1.30. The Morgan fingerprint density at radius 2 is 1.93 bits per heavy atom. The van der Waals surface area contributed by atoms with Crippen molar-refractivity contribution in [2.75, 3.05) is 5.32 Å². The van der Waals surface area contributed by atoms with Gasteiger partial charge >= 0.3 is 0 Å². The number of rotatable bonds is 3. The fourth-order valence-corrected chi connectivity index (χ4v) is 3.86. The van der Waals surface area contributed by atoms with Gasteiger partial charge in [0.1, 0.15) is 17.8 Å². The van der Waals surface area contributed by atoms with Gasteiger partial charge in [-0.05, 0) is 35.6 Å². The van der Waals surface area contributed by atoms with E-state index < -0.39 is 0 Å². The van der Waals surface area contributed by atoms with E-state index in [1.54, 1.807) is 12.5 Å². The Morgan fingerprint density at radius 3 is 2.82 bits per heavy atom. The highest BCUT2D eigenvalue weighted by Gasteiger charge is 2.21. The lowest BCUT2D eigenvalue weighted by molar-refractivity contribution is 0.102. The average Bonchev–Trinajstić information content (AvgIpc) is 3.22. The van der Waals surface area contributed by atoms with E-state index >= 15 is 0 Å². The van der Waals surface area contributed by atoms with Crippen LogP contribution in [-0.4, -0.2) is 25.7 Å². The summed E-state index contributed by atoms with van der Waals surface area (Å²) in [5, 5.41) is 13.0. The van der Waals surface area contributed by atoms with Crippen molar-refractivity contribution in [1.29, 1.82) is 0 Å². The maximum Gasteiger partial charge on any atom is 0.274 e. The van der Waals surface area contributed by atoms with E-state index in [4.69, 9.17) is 0 Å². The second-order valence-corrected chi connectivity index (χ2v) is 7.09. The SMILES string of the molecule is O=C(Nc1ccc([C@H]2CCc3nncn3C2)cc1)c1nccc2ccccc12. The van der Waals surface area contributed by atoms with Crippen LogP contribution in [0.4, 0.5) is 5.69 Å². The monoisotopic (exact) mass is 369 g/mol. The molecule has 4 aromatic rings. The molecule has 5 rings (SSSR count). The number of fused-ring (bicyclic) bond motifs is 2. The van der Waals surface area contributed by atoms with Crippen LogP contribution < -0.4 is 5.32 Å². The Bertz CT molecular complexity index is 1140. The normalized spacial score (nSPS) is 15.9. The smallest absolute Gasteiger partial charge is 0.274 e. The quantitative estimate of drug-likeness (QED) is 0.596. The first kappa shape index (κ1) is 16.6. The summed E-state index contributed by atoms with van der Waals surface area (Å²) in [5.41, 5.74) is 2.47. The van der Waals surface area contributed by atoms with Gasteiger partial charge in [-0.3, -0.25) is 9.78 Å². The zero-order valence-electron chi connectivity index (χ0n) is 15.2. The van der Waals surface area contributed by atoms with Crippen LogP contribution in [0, 0.1) is 0 Å². The van der Waals surface area contributed by atoms with Crippen LogP contribution >= 0.6 is 0 Å². The third-order valence-electron chi connectivity index (χ3n) is 5.36. The third-order valence-corrected chi connectivity index (χ3v) is 5.36. The lowest BCUT2D eigenvalue weighted by atomic mass is 9.91. The molecule has 0 saturated heterocycles. The summed E-state index contributed by atoms with van der Waals surface area (Å²) >= 11 is 0. The van der Waals surface area contributed by atoms with Gasteiger partial charge < -0.3 is 9.88 Å². The number of anilines is 1. The molecule has 1 aliphatic rings. The second kappa shape index (κ2) is 6.88. The van der Waals surface area contributed by atoms with E-state index in [1.165, 1.54) is 5.56 Å². The first-order chi connectivity index (χ1) is 13.8. The van der Waals surface area contributed by atoms with Crippen LogP contribution in [0.25, 0.3) is 10.8 Å². The lowest BCUT2D eigenvalue weighted by Gasteiger charge is -2.23. The Balaban J connectivity index is 1.33. The minimum Gasteiger partial charge on any atom is -0.321 e. The highest BCUT2D eigenvalue weighted by atomic mass is 16.1. The first-order valence-electron chi connectivity index (χ1n) is 9.40. The molecule has 0 unspecified atom stereocenters. The van der Waals surface area contributed by atoms with Gasteiger partial charge in [-0.2, -0.15) is 0 Å². The summed E-state index contributed by atoms with van der Waals surface area (Å²) < 4.78 is 2.12. The molecule has 1 N–H and O–H groups in total. The largest absolute Gasteiger partial charge is 0.321 e. The Kier molecular flexibility index (Phi) is 4.09. The molecule has 0 aliphatic carbocycles. The molecule has 138 valence electrons. The summed E-state index contributed by atoms with van der Waals surface area (Å²) in [7, 11) is 0. The van der Waals surface area contributed by atoms with Gasteiger partial charge in [0, 0.05) is 36.2 Å². The maximum atomic E-state index is 12.7. The molecule has 2 aromatic carbocycles. The number of carbonyl (C=O) groups is 1. The van der Waals surface area contributed by atoms with E-state index in [2.05, 4.69) is 37.2 Å². The highest BCUT2D eigenvalue weighted by molar-refractivity contribution is 6.11. The minimum absolute atomic E-state index is 0.198. The molecular weight excluding hydrogens is 350 g/mol. The maximum absolute atomic E-state index is 12.7. The number of aryl methyl sites for hydroxylation is 1. The van der Waals surface area contributed by atoms with Crippen molar-refractivity contribution in [2.24, 2.45) is 0 Å². The number of aromatic nitrogens is 4. The summed E-state index contributed by atoms with van der Waals surface area (Å²) in [6.07, 6.45) is 5.47. The van der Waals surface area contributed by atoms with Crippen molar-refractivity contribution >= 4 is 22.4 Å². The number of hydrogen-bond acceptors (Lipinski definition) is 4. The van der Waals surface area contributed by atoms with Crippen molar-refractivity contribution in [3.05, 3.63) is 84.2 Å². The van der Waals surface area contributed by atoms with E-state index in [0.717, 1.165) is 41.7 Å².